The minimum atomic E-state index is -0.262. The molecular weight excluding hydrogens is 328 g/mol. The van der Waals surface area contributed by atoms with E-state index < -0.39 is 0 Å². The summed E-state index contributed by atoms with van der Waals surface area (Å²) >= 11 is 0.868. The lowest BCUT2D eigenvalue weighted by Gasteiger charge is -2.56. The van der Waals surface area contributed by atoms with Gasteiger partial charge in [-0.05, 0) is 80.5 Å². The number of carbonyl (C=O) groups excluding carboxylic acids is 1. The lowest BCUT2D eigenvalue weighted by atomic mass is 9.50. The van der Waals surface area contributed by atoms with Gasteiger partial charge >= 0.3 is 5.97 Å². The van der Waals surface area contributed by atoms with E-state index in [4.69, 9.17) is 9.99 Å². The zero-order valence-corrected chi connectivity index (χ0v) is 14.3. The Hall–Kier alpha value is -1.08. The third-order valence-corrected chi connectivity index (χ3v) is 6.52. The Bertz CT molecular complexity index is 565. The molecule has 4 fully saturated rings. The van der Waals surface area contributed by atoms with Crippen molar-refractivity contribution in [3.05, 3.63) is 29.8 Å². The topological polar surface area (TPSA) is 65.0 Å². The van der Waals surface area contributed by atoms with E-state index in [1.807, 2.05) is 0 Å². The number of carbonyl (C=O) groups is 1. The Morgan fingerprint density at radius 3 is 2.21 bits per heavy atom. The summed E-state index contributed by atoms with van der Waals surface area (Å²) in [6.07, 6.45) is 7.89. The van der Waals surface area contributed by atoms with Crippen molar-refractivity contribution in [2.24, 2.45) is 23.2 Å². The minimum Gasteiger partial charge on any atom is -0.462 e. The van der Waals surface area contributed by atoms with Gasteiger partial charge < -0.3 is 4.74 Å². The van der Waals surface area contributed by atoms with Gasteiger partial charge in [0.2, 0.25) is 0 Å². The van der Waals surface area contributed by atoms with E-state index >= 15 is 0 Å². The van der Waals surface area contributed by atoms with Crippen LogP contribution in [0.1, 0.15) is 48.9 Å². The van der Waals surface area contributed by atoms with Gasteiger partial charge in [0.25, 0.3) is 0 Å². The molecule has 0 aliphatic heterocycles. The fraction of sp³-hybridized carbons (Fsp3) is 0.611. The summed E-state index contributed by atoms with van der Waals surface area (Å²) in [6.45, 7) is 0.563. The standard InChI is InChI=1S/C18H22O5S/c19-17(15-1-3-16(4-2-15)24-23-22-20)21-11-18-8-12-5-13(9-18)7-14(6-12)10-18/h1-4,12-14,20H,5-11H2. The quantitative estimate of drug-likeness (QED) is 0.353. The van der Waals surface area contributed by atoms with Crippen molar-refractivity contribution in [2.75, 3.05) is 6.61 Å². The number of benzene rings is 1. The summed E-state index contributed by atoms with van der Waals surface area (Å²) in [7, 11) is 0. The highest BCUT2D eigenvalue weighted by Gasteiger charge is 2.51. The molecule has 1 N–H and O–H groups in total. The number of hydrogen-bond donors (Lipinski definition) is 1. The molecule has 130 valence electrons. The molecule has 5 nitrogen and oxygen atoms in total. The van der Waals surface area contributed by atoms with Gasteiger partial charge in [0.15, 0.2) is 0 Å². The SMILES string of the molecule is O=C(OCC12CC3CC(CC(C3)C1)C2)c1ccc(SOOO)cc1. The Morgan fingerprint density at radius 2 is 1.67 bits per heavy atom. The third-order valence-electron chi connectivity index (χ3n) is 5.93. The van der Waals surface area contributed by atoms with E-state index in [1.54, 1.807) is 24.3 Å². The number of esters is 1. The molecular formula is C18H22O5S. The maximum atomic E-state index is 12.3. The van der Waals surface area contributed by atoms with Gasteiger partial charge in [0, 0.05) is 10.3 Å². The summed E-state index contributed by atoms with van der Waals surface area (Å²) in [6, 6.07) is 6.85. The average Bonchev–Trinajstić information content (AvgIpc) is 2.57. The monoisotopic (exact) mass is 350 g/mol. The van der Waals surface area contributed by atoms with Crippen LogP contribution in [-0.2, 0) is 14.1 Å². The molecule has 4 aliphatic rings. The number of rotatable bonds is 6. The molecule has 0 aromatic heterocycles. The van der Waals surface area contributed by atoms with Crippen LogP contribution in [0.4, 0.5) is 0 Å². The van der Waals surface area contributed by atoms with Crippen LogP contribution in [0.3, 0.4) is 0 Å². The minimum absolute atomic E-state index is 0.243. The summed E-state index contributed by atoms with van der Waals surface area (Å²) < 4.78 is 10.1. The Balaban J connectivity index is 1.35. The van der Waals surface area contributed by atoms with Crippen molar-refractivity contribution in [1.82, 2.24) is 0 Å². The molecule has 0 unspecified atom stereocenters. The van der Waals surface area contributed by atoms with Crippen molar-refractivity contribution in [1.29, 1.82) is 0 Å². The van der Waals surface area contributed by atoms with Gasteiger partial charge in [-0.15, -0.1) is 4.33 Å². The van der Waals surface area contributed by atoms with Crippen molar-refractivity contribution >= 4 is 18.0 Å². The average molecular weight is 350 g/mol. The third kappa shape index (κ3) is 3.33. The van der Waals surface area contributed by atoms with Crippen LogP contribution in [-0.4, -0.2) is 17.8 Å². The maximum Gasteiger partial charge on any atom is 0.338 e. The first-order valence-corrected chi connectivity index (χ1v) is 9.32. The van der Waals surface area contributed by atoms with Crippen LogP contribution in [0.15, 0.2) is 29.2 Å². The molecule has 24 heavy (non-hydrogen) atoms. The van der Waals surface area contributed by atoms with Gasteiger partial charge in [-0.2, -0.15) is 0 Å². The van der Waals surface area contributed by atoms with E-state index in [0.717, 1.165) is 34.7 Å². The predicted molar refractivity (Wildman–Crippen MR) is 88.0 cm³/mol. The van der Waals surface area contributed by atoms with Crippen LogP contribution in [0.2, 0.25) is 0 Å². The molecule has 4 saturated carbocycles. The zero-order valence-electron chi connectivity index (χ0n) is 13.5. The van der Waals surface area contributed by atoms with Crippen molar-refractivity contribution in [3.8, 4) is 0 Å². The summed E-state index contributed by atoms with van der Waals surface area (Å²) in [4.78, 5) is 13.1. The zero-order chi connectivity index (χ0) is 16.6. The fourth-order valence-corrected chi connectivity index (χ4v) is 5.83. The highest BCUT2D eigenvalue weighted by Crippen LogP contribution is 2.60. The first-order valence-electron chi connectivity index (χ1n) is 8.58. The molecule has 0 heterocycles. The van der Waals surface area contributed by atoms with Crippen molar-refractivity contribution < 1.29 is 24.2 Å². The van der Waals surface area contributed by atoms with Crippen LogP contribution in [0, 0.1) is 23.2 Å². The van der Waals surface area contributed by atoms with Crippen LogP contribution in [0.25, 0.3) is 0 Å². The van der Waals surface area contributed by atoms with Gasteiger partial charge in [-0.25, -0.2) is 10.1 Å². The van der Waals surface area contributed by atoms with Gasteiger partial charge in [0.05, 0.1) is 24.2 Å². The highest BCUT2D eigenvalue weighted by molar-refractivity contribution is 7.94. The first-order chi connectivity index (χ1) is 11.7. The van der Waals surface area contributed by atoms with Crippen molar-refractivity contribution in [3.63, 3.8) is 0 Å². The predicted octanol–water partition coefficient (Wildman–Crippen LogP) is 4.49. The summed E-state index contributed by atoms with van der Waals surface area (Å²) in [5, 5.41) is 11.7. The van der Waals surface area contributed by atoms with Crippen LogP contribution >= 0.6 is 12.0 Å². The summed E-state index contributed by atoms with van der Waals surface area (Å²) in [5.41, 5.74) is 0.779. The van der Waals surface area contributed by atoms with E-state index in [1.165, 1.54) is 38.5 Å². The number of ether oxygens (including phenoxy) is 1. The molecule has 0 saturated heterocycles. The molecule has 4 aliphatic carbocycles. The maximum absolute atomic E-state index is 12.3. The summed E-state index contributed by atoms with van der Waals surface area (Å²) in [5.74, 6) is 2.32. The molecule has 6 heteroatoms. The Morgan fingerprint density at radius 1 is 1.08 bits per heavy atom. The molecule has 0 spiro atoms. The largest absolute Gasteiger partial charge is 0.462 e. The van der Waals surface area contributed by atoms with Crippen LogP contribution < -0.4 is 0 Å². The molecule has 1 aromatic rings. The Kier molecular flexibility index (Phi) is 4.56. The van der Waals surface area contributed by atoms with Gasteiger partial charge in [0.1, 0.15) is 0 Å². The molecule has 0 amide bonds. The first kappa shape index (κ1) is 16.4. The molecule has 0 radical (unpaired) electrons. The van der Waals surface area contributed by atoms with Crippen molar-refractivity contribution in [2.45, 2.75) is 43.4 Å². The molecule has 4 bridgehead atoms. The second kappa shape index (κ2) is 6.67. The molecule has 0 atom stereocenters. The lowest BCUT2D eigenvalue weighted by molar-refractivity contribution is -0.432. The second-order valence-electron chi connectivity index (χ2n) is 7.74. The Labute approximate surface area is 145 Å². The van der Waals surface area contributed by atoms with E-state index in [2.05, 4.69) is 9.37 Å². The lowest BCUT2D eigenvalue weighted by Crippen LogP contribution is -2.48. The number of hydrogen-bond acceptors (Lipinski definition) is 6. The van der Waals surface area contributed by atoms with E-state index in [9.17, 15) is 4.79 Å². The fourth-order valence-electron chi connectivity index (χ4n) is 5.47. The second-order valence-corrected chi connectivity index (χ2v) is 8.52. The van der Waals surface area contributed by atoms with E-state index in [-0.39, 0.29) is 11.4 Å². The smallest absolute Gasteiger partial charge is 0.338 e. The normalized spacial score (nSPS) is 33.6. The molecule has 1 aromatic carbocycles. The highest BCUT2D eigenvalue weighted by atomic mass is 32.2. The molecule has 5 rings (SSSR count). The van der Waals surface area contributed by atoms with Gasteiger partial charge in [-0.3, -0.25) is 0 Å². The van der Waals surface area contributed by atoms with Gasteiger partial charge in [-0.1, -0.05) is 5.04 Å². The van der Waals surface area contributed by atoms with E-state index in [0.29, 0.717) is 12.2 Å². The van der Waals surface area contributed by atoms with Crippen LogP contribution in [0.5, 0.6) is 0 Å².